The van der Waals surface area contributed by atoms with Crippen LogP contribution in [0.2, 0.25) is 0 Å². The van der Waals surface area contributed by atoms with Crippen LogP contribution in [0.1, 0.15) is 39.5 Å². The van der Waals surface area contributed by atoms with Crippen LogP contribution in [0.25, 0.3) is 0 Å². The fourth-order valence-electron chi connectivity index (χ4n) is 3.78. The van der Waals surface area contributed by atoms with Crippen molar-refractivity contribution in [3.63, 3.8) is 0 Å². The van der Waals surface area contributed by atoms with Crippen LogP contribution in [0.4, 0.5) is 0 Å². The highest BCUT2D eigenvalue weighted by atomic mass is 32.1. The molecule has 2 fully saturated rings. The predicted molar refractivity (Wildman–Crippen MR) is 100 cm³/mol. The molecule has 0 unspecified atom stereocenters. The molecule has 1 amide bonds. The Kier molecular flexibility index (Phi) is 4.82. The van der Waals surface area contributed by atoms with Gasteiger partial charge >= 0.3 is 0 Å². The molecule has 1 aromatic carbocycles. The second-order valence-corrected chi connectivity index (χ2v) is 8.41. The Balaban J connectivity index is 1.32. The number of hydrogen-bond donors (Lipinski definition) is 0. The minimum absolute atomic E-state index is 0.0870. The zero-order valence-electron chi connectivity index (χ0n) is 15.2. The fourth-order valence-corrected chi connectivity index (χ4v) is 4.37. The molecule has 4 rings (SSSR count). The molecule has 5 nitrogen and oxygen atoms in total. The molecule has 1 spiro atoms. The van der Waals surface area contributed by atoms with Gasteiger partial charge in [-0.25, -0.2) is 4.98 Å². The molecule has 1 aromatic heterocycles. The Hall–Kier alpha value is -1.76. The largest absolute Gasteiger partial charge is 0.372 e. The third kappa shape index (κ3) is 3.68. The molecule has 2 aliphatic heterocycles. The van der Waals surface area contributed by atoms with Crippen molar-refractivity contribution in [1.82, 2.24) is 9.88 Å². The number of carbonyl (C=O) groups is 1. The van der Waals surface area contributed by atoms with Crippen LogP contribution in [-0.4, -0.2) is 47.2 Å². The summed E-state index contributed by atoms with van der Waals surface area (Å²) >= 11 is 1.65. The smallest absolute Gasteiger partial charge is 0.254 e. The lowest BCUT2D eigenvalue weighted by atomic mass is 9.84. The van der Waals surface area contributed by atoms with Crippen molar-refractivity contribution in [3.8, 4) is 0 Å². The van der Waals surface area contributed by atoms with Gasteiger partial charge in [0.15, 0.2) is 0 Å². The molecule has 1 atom stereocenters. The van der Waals surface area contributed by atoms with Gasteiger partial charge in [-0.05, 0) is 32.4 Å². The van der Waals surface area contributed by atoms with Crippen molar-refractivity contribution in [2.75, 3.05) is 19.7 Å². The van der Waals surface area contributed by atoms with E-state index in [0.717, 1.165) is 34.7 Å². The number of hydrogen-bond acceptors (Lipinski definition) is 5. The van der Waals surface area contributed by atoms with Crippen LogP contribution in [0, 0.1) is 13.8 Å². The topological polar surface area (TPSA) is 51.7 Å². The summed E-state index contributed by atoms with van der Waals surface area (Å²) in [6.07, 6.45) is 1.91. The van der Waals surface area contributed by atoms with E-state index in [1.807, 2.05) is 43.0 Å². The summed E-state index contributed by atoms with van der Waals surface area (Å²) < 4.78 is 12.1. The first-order chi connectivity index (χ1) is 12.5. The molecule has 3 heterocycles. The van der Waals surface area contributed by atoms with Crippen molar-refractivity contribution < 1.29 is 14.3 Å². The van der Waals surface area contributed by atoms with E-state index in [-0.39, 0.29) is 17.6 Å². The molecular weight excluding hydrogens is 348 g/mol. The number of benzene rings is 1. The molecule has 0 radical (unpaired) electrons. The summed E-state index contributed by atoms with van der Waals surface area (Å²) in [5, 5.41) is 3.12. The quantitative estimate of drug-likeness (QED) is 0.826. The molecular formula is C20H24N2O3S. The van der Waals surface area contributed by atoms with Gasteiger partial charge < -0.3 is 14.4 Å². The van der Waals surface area contributed by atoms with Crippen LogP contribution in [-0.2, 0) is 16.1 Å². The Morgan fingerprint density at radius 3 is 3.00 bits per heavy atom. The van der Waals surface area contributed by atoms with E-state index >= 15 is 0 Å². The average Bonchev–Trinajstić information content (AvgIpc) is 3.03. The maximum Gasteiger partial charge on any atom is 0.254 e. The van der Waals surface area contributed by atoms with Gasteiger partial charge in [0.05, 0.1) is 36.5 Å². The van der Waals surface area contributed by atoms with Gasteiger partial charge in [-0.3, -0.25) is 4.79 Å². The maximum atomic E-state index is 12.6. The average molecular weight is 372 g/mol. The molecule has 2 saturated heterocycles. The highest BCUT2D eigenvalue weighted by Crippen LogP contribution is 2.36. The normalized spacial score (nSPS) is 21.6. The van der Waals surface area contributed by atoms with Gasteiger partial charge in [0.1, 0.15) is 5.60 Å². The zero-order chi connectivity index (χ0) is 18.1. The monoisotopic (exact) mass is 372 g/mol. The summed E-state index contributed by atoms with van der Waals surface area (Å²) in [6.45, 7) is 6.55. The lowest BCUT2D eigenvalue weighted by molar-refractivity contribution is -0.188. The van der Waals surface area contributed by atoms with E-state index in [2.05, 4.69) is 10.4 Å². The van der Waals surface area contributed by atoms with Gasteiger partial charge in [0, 0.05) is 24.0 Å². The van der Waals surface area contributed by atoms with E-state index < -0.39 is 0 Å². The van der Waals surface area contributed by atoms with Crippen LogP contribution >= 0.6 is 11.3 Å². The third-order valence-corrected chi connectivity index (χ3v) is 5.91. The summed E-state index contributed by atoms with van der Waals surface area (Å²) in [6, 6.07) is 7.75. The van der Waals surface area contributed by atoms with Crippen LogP contribution < -0.4 is 0 Å². The molecule has 0 saturated carbocycles. The lowest BCUT2D eigenvalue weighted by Crippen LogP contribution is -2.67. The van der Waals surface area contributed by atoms with Gasteiger partial charge in [0.2, 0.25) is 0 Å². The van der Waals surface area contributed by atoms with Crippen LogP contribution in [0.5, 0.6) is 0 Å². The highest BCUT2D eigenvalue weighted by molar-refractivity contribution is 7.09. The van der Waals surface area contributed by atoms with Crippen molar-refractivity contribution >= 4 is 17.2 Å². The number of likely N-dealkylation sites (tertiary alicyclic amines) is 1. The number of ether oxygens (including phenoxy) is 2. The third-order valence-electron chi connectivity index (χ3n) is 5.09. The zero-order valence-corrected chi connectivity index (χ0v) is 16.1. The standard InChI is InChI=1S/C20H24N2O3S/c1-14-4-3-5-16(8-14)19(23)22-12-20(13-22)9-18(6-7-25-20)24-10-17-11-26-15(2)21-17/h3-5,8,11,18H,6-7,9-10,12-13H2,1-2H3/t18-/m1/s1. The number of nitrogens with zero attached hydrogens (tertiary/aromatic N) is 2. The predicted octanol–water partition coefficient (Wildman–Crippen LogP) is 3.35. The molecule has 2 aromatic rings. The Bertz CT molecular complexity index is 798. The maximum absolute atomic E-state index is 12.6. The second kappa shape index (κ2) is 7.10. The summed E-state index contributed by atoms with van der Waals surface area (Å²) in [7, 11) is 0. The summed E-state index contributed by atoms with van der Waals surface area (Å²) in [5.41, 5.74) is 2.62. The Morgan fingerprint density at radius 2 is 2.27 bits per heavy atom. The molecule has 138 valence electrons. The first-order valence-corrected chi connectivity index (χ1v) is 9.93. The van der Waals surface area contributed by atoms with E-state index in [4.69, 9.17) is 9.47 Å². The van der Waals surface area contributed by atoms with Gasteiger partial charge in [-0.1, -0.05) is 17.7 Å². The number of carbonyl (C=O) groups excluding carboxylic acids is 1. The van der Waals surface area contributed by atoms with Crippen molar-refractivity contribution in [2.24, 2.45) is 0 Å². The lowest BCUT2D eigenvalue weighted by Gasteiger charge is -2.53. The van der Waals surface area contributed by atoms with E-state index in [9.17, 15) is 4.79 Å². The summed E-state index contributed by atoms with van der Waals surface area (Å²) in [4.78, 5) is 19.0. The van der Waals surface area contributed by atoms with Crippen molar-refractivity contribution in [2.45, 2.75) is 45.0 Å². The number of thiazole rings is 1. The fraction of sp³-hybridized carbons (Fsp3) is 0.500. The molecule has 0 N–H and O–H groups in total. The van der Waals surface area contributed by atoms with E-state index in [1.54, 1.807) is 11.3 Å². The molecule has 0 aliphatic carbocycles. The minimum atomic E-state index is -0.236. The number of amides is 1. The highest BCUT2D eigenvalue weighted by Gasteiger charge is 2.49. The molecule has 26 heavy (non-hydrogen) atoms. The van der Waals surface area contributed by atoms with Crippen molar-refractivity contribution in [3.05, 3.63) is 51.5 Å². The van der Waals surface area contributed by atoms with Gasteiger partial charge in [0.25, 0.3) is 5.91 Å². The Labute approximate surface area is 157 Å². The van der Waals surface area contributed by atoms with Gasteiger partial charge in [-0.2, -0.15) is 0 Å². The Morgan fingerprint density at radius 1 is 1.42 bits per heavy atom. The number of aromatic nitrogens is 1. The van der Waals surface area contributed by atoms with Crippen molar-refractivity contribution in [1.29, 1.82) is 0 Å². The van der Waals surface area contributed by atoms with Crippen LogP contribution in [0.15, 0.2) is 29.6 Å². The number of aryl methyl sites for hydroxylation is 2. The number of rotatable bonds is 4. The summed E-state index contributed by atoms with van der Waals surface area (Å²) in [5.74, 6) is 0.0870. The second-order valence-electron chi connectivity index (χ2n) is 7.35. The molecule has 0 bridgehead atoms. The van der Waals surface area contributed by atoms with Gasteiger partial charge in [-0.15, -0.1) is 11.3 Å². The SMILES string of the molecule is Cc1cccc(C(=O)N2CC3(C[C@H](OCc4csc(C)n4)CCO3)C2)c1. The van der Waals surface area contributed by atoms with E-state index in [1.165, 1.54) is 0 Å². The molecule has 6 heteroatoms. The van der Waals surface area contributed by atoms with Crippen LogP contribution in [0.3, 0.4) is 0 Å². The first-order valence-electron chi connectivity index (χ1n) is 9.06. The molecule has 2 aliphatic rings. The minimum Gasteiger partial charge on any atom is -0.372 e. The first kappa shape index (κ1) is 17.6. The van der Waals surface area contributed by atoms with E-state index in [0.29, 0.717) is 26.3 Å².